The van der Waals surface area contributed by atoms with Crippen molar-refractivity contribution in [2.45, 2.75) is 20.0 Å². The fourth-order valence-corrected chi connectivity index (χ4v) is 2.30. The zero-order valence-electron chi connectivity index (χ0n) is 11.7. The van der Waals surface area contributed by atoms with Crippen LogP contribution in [0.2, 0.25) is 0 Å². The van der Waals surface area contributed by atoms with Gasteiger partial charge in [0.25, 0.3) is 0 Å². The summed E-state index contributed by atoms with van der Waals surface area (Å²) in [5, 5.41) is 3.36. The van der Waals surface area contributed by atoms with Crippen LogP contribution in [0.1, 0.15) is 18.1 Å². The topological polar surface area (TPSA) is 21.3 Å². The molecule has 0 saturated heterocycles. The Morgan fingerprint density at radius 1 is 1.00 bits per heavy atom. The van der Waals surface area contributed by atoms with E-state index < -0.39 is 0 Å². The van der Waals surface area contributed by atoms with E-state index in [0.717, 1.165) is 29.7 Å². The van der Waals surface area contributed by atoms with Gasteiger partial charge in [-0.3, -0.25) is 0 Å². The van der Waals surface area contributed by atoms with Crippen LogP contribution in [0.5, 0.6) is 5.75 Å². The maximum absolute atomic E-state index is 5.85. The van der Waals surface area contributed by atoms with Crippen LogP contribution < -0.4 is 10.1 Å². The van der Waals surface area contributed by atoms with Crippen molar-refractivity contribution in [3.8, 4) is 5.75 Å². The van der Waals surface area contributed by atoms with Crippen LogP contribution >= 0.6 is 15.9 Å². The number of ether oxygens (including phenoxy) is 1. The molecule has 20 heavy (non-hydrogen) atoms. The summed E-state index contributed by atoms with van der Waals surface area (Å²) < 4.78 is 6.92. The Hall–Kier alpha value is -1.32. The maximum Gasteiger partial charge on any atom is 0.119 e. The van der Waals surface area contributed by atoms with Gasteiger partial charge in [0.05, 0.1) is 0 Å². The number of rotatable bonds is 7. The molecule has 0 aliphatic rings. The minimum absolute atomic E-state index is 0.615. The van der Waals surface area contributed by atoms with Gasteiger partial charge in [-0.25, -0.2) is 0 Å². The molecular weight excluding hydrogens is 314 g/mol. The predicted molar refractivity (Wildman–Crippen MR) is 87.2 cm³/mol. The average Bonchev–Trinajstić information content (AvgIpc) is 2.48. The second-order valence-electron chi connectivity index (χ2n) is 4.61. The number of benzene rings is 2. The number of nitrogens with one attached hydrogen (secondary N) is 1. The lowest BCUT2D eigenvalue weighted by Crippen LogP contribution is -2.17. The van der Waals surface area contributed by atoms with Crippen LogP contribution in [0.4, 0.5) is 0 Å². The zero-order chi connectivity index (χ0) is 14.2. The third-order valence-electron chi connectivity index (χ3n) is 3.15. The van der Waals surface area contributed by atoms with E-state index in [9.17, 15) is 0 Å². The highest BCUT2D eigenvalue weighted by Crippen LogP contribution is 2.18. The van der Waals surface area contributed by atoms with Gasteiger partial charge in [0, 0.05) is 4.47 Å². The smallest absolute Gasteiger partial charge is 0.119 e. The highest BCUT2D eigenvalue weighted by atomic mass is 79.9. The lowest BCUT2D eigenvalue weighted by atomic mass is 10.1. The number of hydrogen-bond acceptors (Lipinski definition) is 2. The highest BCUT2D eigenvalue weighted by molar-refractivity contribution is 9.10. The fraction of sp³-hybridized carbons (Fsp3) is 0.294. The molecule has 0 atom stereocenters. The van der Waals surface area contributed by atoms with Crippen molar-refractivity contribution < 1.29 is 4.74 Å². The fourth-order valence-electron chi connectivity index (χ4n) is 2.03. The van der Waals surface area contributed by atoms with Gasteiger partial charge in [0.2, 0.25) is 0 Å². The first-order chi connectivity index (χ1) is 9.79. The van der Waals surface area contributed by atoms with Crippen LogP contribution in [0, 0.1) is 0 Å². The van der Waals surface area contributed by atoms with E-state index in [2.05, 4.69) is 52.4 Å². The highest BCUT2D eigenvalue weighted by Gasteiger charge is 2.02. The molecule has 3 heteroatoms. The molecule has 0 amide bonds. The number of likely N-dealkylation sites (N-methyl/N-ethyl adjacent to an activating group) is 1. The van der Waals surface area contributed by atoms with E-state index in [1.165, 1.54) is 11.1 Å². The monoisotopic (exact) mass is 333 g/mol. The molecule has 2 nitrogen and oxygen atoms in total. The molecule has 0 fully saturated rings. The van der Waals surface area contributed by atoms with E-state index in [1.807, 2.05) is 24.3 Å². The standard InChI is InChI=1S/C17H20BrNO/c1-2-19-12-11-14-5-3-4-6-15(14)13-20-17-9-7-16(18)8-10-17/h3-10,19H,2,11-13H2,1H3. The SMILES string of the molecule is CCNCCc1ccccc1COc1ccc(Br)cc1. The van der Waals surface area contributed by atoms with Crippen molar-refractivity contribution in [3.63, 3.8) is 0 Å². The molecule has 0 spiro atoms. The van der Waals surface area contributed by atoms with Crippen molar-refractivity contribution in [2.24, 2.45) is 0 Å². The first-order valence-corrected chi connectivity index (χ1v) is 7.74. The summed E-state index contributed by atoms with van der Waals surface area (Å²) in [6.45, 7) is 4.76. The van der Waals surface area contributed by atoms with Gasteiger partial charge in [-0.05, 0) is 54.9 Å². The van der Waals surface area contributed by atoms with Crippen LogP contribution in [-0.4, -0.2) is 13.1 Å². The minimum atomic E-state index is 0.615. The number of halogens is 1. The minimum Gasteiger partial charge on any atom is -0.489 e. The molecule has 106 valence electrons. The molecule has 2 rings (SSSR count). The molecule has 1 N–H and O–H groups in total. The maximum atomic E-state index is 5.85. The molecule has 0 aliphatic heterocycles. The Labute approximate surface area is 129 Å². The quantitative estimate of drug-likeness (QED) is 0.767. The van der Waals surface area contributed by atoms with E-state index in [1.54, 1.807) is 0 Å². The molecule has 0 aromatic heterocycles. The van der Waals surface area contributed by atoms with Gasteiger partial charge in [-0.2, -0.15) is 0 Å². The Kier molecular flexibility index (Phi) is 6.09. The largest absolute Gasteiger partial charge is 0.489 e. The number of hydrogen-bond donors (Lipinski definition) is 1. The van der Waals surface area contributed by atoms with E-state index >= 15 is 0 Å². The lowest BCUT2D eigenvalue weighted by Gasteiger charge is -2.11. The summed E-state index contributed by atoms with van der Waals surface area (Å²) >= 11 is 3.43. The molecule has 0 heterocycles. The Morgan fingerprint density at radius 2 is 1.70 bits per heavy atom. The molecular formula is C17H20BrNO. The Balaban J connectivity index is 1.96. The Bertz CT molecular complexity index is 525. The van der Waals surface area contributed by atoms with Crippen LogP contribution in [0.3, 0.4) is 0 Å². The molecule has 2 aromatic rings. The summed E-state index contributed by atoms with van der Waals surface area (Å²) in [7, 11) is 0. The first kappa shape index (κ1) is 15.1. The van der Waals surface area contributed by atoms with E-state index in [0.29, 0.717) is 6.61 Å². The molecule has 0 saturated carbocycles. The zero-order valence-corrected chi connectivity index (χ0v) is 13.3. The van der Waals surface area contributed by atoms with Crippen molar-refractivity contribution in [1.29, 1.82) is 0 Å². The third kappa shape index (κ3) is 4.66. The van der Waals surface area contributed by atoms with Gasteiger partial charge in [0.15, 0.2) is 0 Å². The van der Waals surface area contributed by atoms with Crippen LogP contribution in [0.25, 0.3) is 0 Å². The van der Waals surface area contributed by atoms with E-state index in [-0.39, 0.29) is 0 Å². The van der Waals surface area contributed by atoms with Gasteiger partial charge in [-0.1, -0.05) is 47.1 Å². The molecule has 2 aromatic carbocycles. The normalized spacial score (nSPS) is 10.5. The molecule has 0 aliphatic carbocycles. The second-order valence-corrected chi connectivity index (χ2v) is 5.53. The Morgan fingerprint density at radius 3 is 2.40 bits per heavy atom. The molecule has 0 unspecified atom stereocenters. The second kappa shape index (κ2) is 8.08. The lowest BCUT2D eigenvalue weighted by molar-refractivity contribution is 0.305. The van der Waals surface area contributed by atoms with Crippen molar-refractivity contribution in [1.82, 2.24) is 5.32 Å². The van der Waals surface area contributed by atoms with Crippen LogP contribution in [0.15, 0.2) is 53.0 Å². The van der Waals surface area contributed by atoms with Gasteiger partial charge in [0.1, 0.15) is 12.4 Å². The van der Waals surface area contributed by atoms with Gasteiger partial charge < -0.3 is 10.1 Å². The van der Waals surface area contributed by atoms with E-state index in [4.69, 9.17) is 4.74 Å². The van der Waals surface area contributed by atoms with Gasteiger partial charge in [-0.15, -0.1) is 0 Å². The summed E-state index contributed by atoms with van der Waals surface area (Å²) in [4.78, 5) is 0. The predicted octanol–water partition coefficient (Wildman–Crippen LogP) is 4.18. The first-order valence-electron chi connectivity index (χ1n) is 6.95. The average molecular weight is 334 g/mol. The third-order valence-corrected chi connectivity index (χ3v) is 3.68. The van der Waals surface area contributed by atoms with Gasteiger partial charge >= 0.3 is 0 Å². The van der Waals surface area contributed by atoms with Crippen molar-refractivity contribution in [2.75, 3.05) is 13.1 Å². The molecule has 0 bridgehead atoms. The summed E-state index contributed by atoms with van der Waals surface area (Å²) in [6.07, 6.45) is 1.04. The van der Waals surface area contributed by atoms with Crippen molar-refractivity contribution in [3.05, 3.63) is 64.1 Å². The summed E-state index contributed by atoms with van der Waals surface area (Å²) in [5.41, 5.74) is 2.61. The van der Waals surface area contributed by atoms with Crippen LogP contribution in [-0.2, 0) is 13.0 Å². The van der Waals surface area contributed by atoms with Crippen molar-refractivity contribution >= 4 is 15.9 Å². The molecule has 0 radical (unpaired) electrons. The summed E-state index contributed by atoms with van der Waals surface area (Å²) in [5.74, 6) is 0.898. The summed E-state index contributed by atoms with van der Waals surface area (Å²) in [6, 6.07) is 16.4.